The van der Waals surface area contributed by atoms with Gasteiger partial charge in [0.25, 0.3) is 5.60 Å². The van der Waals surface area contributed by atoms with Crippen LogP contribution in [-0.2, 0) is 30.5 Å². The first-order valence-electron chi connectivity index (χ1n) is 10.8. The van der Waals surface area contributed by atoms with Crippen molar-refractivity contribution in [1.82, 2.24) is 4.90 Å². The van der Waals surface area contributed by atoms with Gasteiger partial charge in [-0.15, -0.1) is 0 Å². The summed E-state index contributed by atoms with van der Waals surface area (Å²) in [5.41, 5.74) is -2.85. The van der Waals surface area contributed by atoms with Crippen LogP contribution in [0.1, 0.15) is 23.1 Å². The highest BCUT2D eigenvalue weighted by Crippen LogP contribution is 2.51. The fourth-order valence-corrected chi connectivity index (χ4v) is 5.96. The molecule has 0 unspecified atom stereocenters. The van der Waals surface area contributed by atoms with Crippen molar-refractivity contribution >= 4 is 44.7 Å². The number of amides is 1. The van der Waals surface area contributed by atoms with E-state index in [0.29, 0.717) is 11.3 Å². The van der Waals surface area contributed by atoms with Crippen LogP contribution in [0.25, 0.3) is 0 Å². The van der Waals surface area contributed by atoms with E-state index in [-0.39, 0.29) is 25.4 Å². The molecule has 7 nitrogen and oxygen atoms in total. The highest BCUT2D eigenvalue weighted by atomic mass is 35.5. The van der Waals surface area contributed by atoms with E-state index in [2.05, 4.69) is 5.16 Å². The number of nitrogens with zero attached hydrogens (tertiary/aromatic N) is 2. The maximum Gasteiger partial charge on any atom is 0.435 e. The van der Waals surface area contributed by atoms with E-state index in [1.54, 1.807) is 18.2 Å². The highest BCUT2D eigenvalue weighted by Gasteiger charge is 2.62. The topological polar surface area (TPSA) is 85.3 Å². The monoisotopic (exact) mass is 580 g/mol. The number of benzene rings is 2. The molecule has 37 heavy (non-hydrogen) atoms. The standard InChI is InChI=1S/C23H18Cl2F4N2O5S/c1-37(33,34)8-19(32)31-9-21(10-31)11-35-18-4-12(2-3-14(18)21)17-7-22(36-30-17,23(27,28)29)13-5-15(24)20(26)16(25)6-13/h2-6H,7-11H2,1H3/t22-/m0/s1. The molecule has 5 rings (SSSR count). The predicted octanol–water partition coefficient (Wildman–Crippen LogP) is 4.23. The average Bonchev–Trinajstić information content (AvgIpc) is 3.37. The minimum absolute atomic E-state index is 0.0141. The maximum atomic E-state index is 14.3. The fourth-order valence-electron chi connectivity index (χ4n) is 4.84. The summed E-state index contributed by atoms with van der Waals surface area (Å²) >= 11 is 11.5. The first kappa shape index (κ1) is 26.1. The van der Waals surface area contributed by atoms with Crippen molar-refractivity contribution in [1.29, 1.82) is 0 Å². The van der Waals surface area contributed by atoms with Gasteiger partial charge in [-0.25, -0.2) is 12.8 Å². The molecule has 3 aliphatic heterocycles. The van der Waals surface area contributed by atoms with Crippen molar-refractivity contribution in [3.8, 4) is 5.75 Å². The summed E-state index contributed by atoms with van der Waals surface area (Å²) in [5, 5.41) is 2.54. The Bertz CT molecular complexity index is 1430. The molecule has 2 aromatic rings. The minimum atomic E-state index is -4.94. The molecule has 0 bridgehead atoms. The lowest BCUT2D eigenvalue weighted by Gasteiger charge is -2.47. The number of alkyl halides is 3. The predicted molar refractivity (Wildman–Crippen MR) is 126 cm³/mol. The van der Waals surface area contributed by atoms with Crippen LogP contribution in [0.2, 0.25) is 10.0 Å². The van der Waals surface area contributed by atoms with Gasteiger partial charge >= 0.3 is 6.18 Å². The lowest BCUT2D eigenvalue weighted by molar-refractivity contribution is -0.275. The zero-order valence-corrected chi connectivity index (χ0v) is 21.4. The second-order valence-corrected chi connectivity index (χ2v) is 12.4. The number of halogens is 6. The molecule has 0 radical (unpaired) electrons. The molecule has 198 valence electrons. The quantitative estimate of drug-likeness (QED) is 0.399. The van der Waals surface area contributed by atoms with Crippen LogP contribution in [0.3, 0.4) is 0 Å². The molecular formula is C23H18Cl2F4N2O5S. The number of carbonyl (C=O) groups is 1. The summed E-state index contributed by atoms with van der Waals surface area (Å²) in [6, 6.07) is 6.45. The van der Waals surface area contributed by atoms with E-state index in [1.807, 2.05) is 0 Å². The van der Waals surface area contributed by atoms with Gasteiger partial charge in [-0.3, -0.25) is 4.79 Å². The Morgan fingerprint density at radius 1 is 1.16 bits per heavy atom. The fraction of sp³-hybridized carbons (Fsp3) is 0.391. The number of sulfone groups is 1. The van der Waals surface area contributed by atoms with Gasteiger partial charge in [0.1, 0.15) is 18.1 Å². The summed E-state index contributed by atoms with van der Waals surface area (Å²) in [6.07, 6.45) is -4.67. The Morgan fingerprint density at radius 2 is 1.81 bits per heavy atom. The average molecular weight is 581 g/mol. The third kappa shape index (κ3) is 4.32. The van der Waals surface area contributed by atoms with Crippen molar-refractivity contribution in [2.75, 3.05) is 31.7 Å². The van der Waals surface area contributed by atoms with Crippen molar-refractivity contribution in [2.24, 2.45) is 5.16 Å². The van der Waals surface area contributed by atoms with Gasteiger partial charge in [-0.1, -0.05) is 40.5 Å². The maximum absolute atomic E-state index is 14.3. The van der Waals surface area contributed by atoms with Gasteiger partial charge in [0.05, 0.1) is 21.2 Å². The number of likely N-dealkylation sites (tertiary alicyclic amines) is 1. The Balaban J connectivity index is 1.38. The van der Waals surface area contributed by atoms with E-state index in [0.717, 1.165) is 24.0 Å². The molecule has 0 saturated carbocycles. The van der Waals surface area contributed by atoms with Gasteiger partial charge in [0.15, 0.2) is 15.7 Å². The number of carbonyl (C=O) groups excluding carboxylic acids is 1. The van der Waals surface area contributed by atoms with Crippen LogP contribution < -0.4 is 4.74 Å². The van der Waals surface area contributed by atoms with Crippen LogP contribution >= 0.6 is 23.2 Å². The molecule has 1 saturated heterocycles. The number of rotatable bonds is 4. The Kier molecular flexibility index (Phi) is 5.96. The van der Waals surface area contributed by atoms with Gasteiger partial charge < -0.3 is 14.5 Å². The molecule has 14 heteroatoms. The van der Waals surface area contributed by atoms with E-state index < -0.39 is 66.5 Å². The van der Waals surface area contributed by atoms with Crippen molar-refractivity contribution in [3.63, 3.8) is 0 Å². The summed E-state index contributed by atoms with van der Waals surface area (Å²) in [5.74, 6) is -1.70. The minimum Gasteiger partial charge on any atom is -0.492 e. The Labute approximate surface area is 218 Å². The van der Waals surface area contributed by atoms with Crippen molar-refractivity contribution < 1.29 is 40.3 Å². The summed E-state index contributed by atoms with van der Waals surface area (Å²) in [7, 11) is -3.46. The highest BCUT2D eigenvalue weighted by molar-refractivity contribution is 7.91. The molecule has 3 heterocycles. The SMILES string of the molecule is CS(=O)(=O)CC(=O)N1CC2(COc3cc(C4=NO[C@@](c5cc(Cl)c(F)c(Cl)c5)(C(F)(F)F)C4)ccc32)C1. The molecule has 2 aromatic carbocycles. The molecule has 3 aliphatic rings. The molecule has 0 N–H and O–H groups in total. The summed E-state index contributed by atoms with van der Waals surface area (Å²) in [6.45, 7) is 0.762. The molecule has 0 aliphatic carbocycles. The van der Waals surface area contributed by atoms with Crippen molar-refractivity contribution in [2.45, 2.75) is 23.6 Å². The van der Waals surface area contributed by atoms with E-state index in [4.69, 9.17) is 32.8 Å². The largest absolute Gasteiger partial charge is 0.492 e. The van der Waals surface area contributed by atoms with E-state index >= 15 is 0 Å². The van der Waals surface area contributed by atoms with Crippen LogP contribution in [-0.4, -0.2) is 62.8 Å². The summed E-state index contributed by atoms with van der Waals surface area (Å²) in [4.78, 5) is 18.6. The molecule has 1 atom stereocenters. The molecule has 1 amide bonds. The van der Waals surface area contributed by atoms with Crippen LogP contribution in [0.5, 0.6) is 5.75 Å². The third-order valence-electron chi connectivity index (χ3n) is 6.75. The first-order valence-corrected chi connectivity index (χ1v) is 13.7. The summed E-state index contributed by atoms with van der Waals surface area (Å²) < 4.78 is 85.2. The van der Waals surface area contributed by atoms with Crippen molar-refractivity contribution in [3.05, 3.63) is 62.9 Å². The zero-order valence-electron chi connectivity index (χ0n) is 19.0. The molecule has 0 aromatic heterocycles. The van der Waals surface area contributed by atoms with Crippen LogP contribution in [0.4, 0.5) is 17.6 Å². The molecule has 1 spiro atoms. The number of hydrogen-bond donors (Lipinski definition) is 0. The Morgan fingerprint density at radius 3 is 2.41 bits per heavy atom. The normalized spacial score (nSPS) is 22.2. The first-order chi connectivity index (χ1) is 17.1. The number of fused-ring (bicyclic) bond motifs is 2. The van der Waals surface area contributed by atoms with Crippen LogP contribution in [0.15, 0.2) is 35.5 Å². The van der Waals surface area contributed by atoms with Gasteiger partial charge in [0.2, 0.25) is 5.91 Å². The van der Waals surface area contributed by atoms with Crippen LogP contribution in [0, 0.1) is 5.82 Å². The van der Waals surface area contributed by atoms with E-state index in [9.17, 15) is 30.8 Å². The smallest absolute Gasteiger partial charge is 0.435 e. The Hall–Kier alpha value is -2.57. The van der Waals surface area contributed by atoms with Gasteiger partial charge in [-0.2, -0.15) is 13.2 Å². The second kappa shape index (κ2) is 8.47. The third-order valence-corrected chi connectivity index (χ3v) is 8.07. The number of ether oxygens (including phenoxy) is 1. The van der Waals surface area contributed by atoms with Gasteiger partial charge in [0, 0.05) is 42.5 Å². The number of oxime groups is 1. The zero-order chi connectivity index (χ0) is 27.0. The number of hydrogen-bond acceptors (Lipinski definition) is 6. The van der Waals surface area contributed by atoms with Gasteiger partial charge in [-0.05, 0) is 18.2 Å². The lowest BCUT2D eigenvalue weighted by Crippen LogP contribution is -2.63. The molecule has 1 fully saturated rings. The second-order valence-electron chi connectivity index (χ2n) is 9.48. The molecular weight excluding hydrogens is 563 g/mol. The lowest BCUT2D eigenvalue weighted by atomic mass is 9.75. The van der Waals surface area contributed by atoms with E-state index in [1.165, 1.54) is 4.90 Å².